The highest BCUT2D eigenvalue weighted by Gasteiger charge is 2.27. The first-order chi connectivity index (χ1) is 36.5. The minimum atomic E-state index is -1.35. The molecule has 0 aliphatic rings. The van der Waals surface area contributed by atoms with Crippen LogP contribution in [0.2, 0.25) is 0 Å². The van der Waals surface area contributed by atoms with Gasteiger partial charge in [0.2, 0.25) is 0 Å². The van der Waals surface area contributed by atoms with E-state index >= 15 is 0 Å². The first kappa shape index (κ1) is 51.0. The second kappa shape index (κ2) is 20.7. The number of carbonyl (C=O) groups is 4. The molecule has 10 nitrogen and oxygen atoms in total. The Morgan fingerprint density at radius 2 is 1.04 bits per heavy atom. The fourth-order valence-corrected chi connectivity index (χ4v) is 11.4. The van der Waals surface area contributed by atoms with Gasteiger partial charge in [0.1, 0.15) is 5.71 Å². The fourth-order valence-electron chi connectivity index (χ4n) is 11.4. The minimum Gasteiger partial charge on any atom is -0.440 e. The molecule has 10 rings (SSSR count). The molecule has 0 amide bonds. The standard InChI is InChI=1S/C66H62N4O6/c1-39-33-42(4)61(43(5)34-39)65(74)57-38-56-54-35-46(62(68-76-45(7)72)49-21-13-11-19-40(49)2)25-28-60(54)70(63(56)52-24-16-15-23-51(52)57)32-18-10-9-17-31-69-58-29-26-47(64(73)50-22-14-12-20-41(50)3)36-53(58)55-37-48(27-30-59(55)69)66(8,67)75-44(6)71/h11-16,19-30,33-38H,9-10,17-18,31-32,67H2,1-8H3/b68-62-/t66-/m0/s1. The third-order valence-electron chi connectivity index (χ3n) is 14.9. The van der Waals surface area contributed by atoms with Crippen LogP contribution in [0.5, 0.6) is 0 Å². The van der Waals surface area contributed by atoms with Crippen molar-refractivity contribution in [3.63, 3.8) is 0 Å². The van der Waals surface area contributed by atoms with Gasteiger partial charge in [0.15, 0.2) is 17.3 Å². The van der Waals surface area contributed by atoms with Crippen molar-refractivity contribution in [2.75, 3.05) is 0 Å². The van der Waals surface area contributed by atoms with Crippen molar-refractivity contribution < 1.29 is 28.8 Å². The second-order valence-electron chi connectivity index (χ2n) is 20.6. The van der Waals surface area contributed by atoms with Crippen molar-refractivity contribution in [2.24, 2.45) is 10.9 Å². The summed E-state index contributed by atoms with van der Waals surface area (Å²) in [4.78, 5) is 58.5. The van der Waals surface area contributed by atoms with Gasteiger partial charge in [-0.05, 0) is 131 Å². The Bertz CT molecular complexity index is 4020. The van der Waals surface area contributed by atoms with Crippen LogP contribution < -0.4 is 5.73 Å². The summed E-state index contributed by atoms with van der Waals surface area (Å²) in [5.41, 5.74) is 19.7. The SMILES string of the molecule is CC(=O)O/N=C(/c1ccc2c(c1)c1cc(C(=O)c3c(C)cc(C)cc3C)c3ccccc3c1n2CCCCCCn1c2ccc(C(=O)c3ccccc3C)cc2c2cc([C@@](C)(N)OC(C)=O)ccc21)c1ccccc1C. The van der Waals surface area contributed by atoms with Gasteiger partial charge in [-0.25, -0.2) is 4.79 Å². The molecule has 0 saturated carbocycles. The second-order valence-corrected chi connectivity index (χ2v) is 20.6. The van der Waals surface area contributed by atoms with Crippen LogP contribution in [0, 0.1) is 34.6 Å². The number of ketones is 2. The number of esters is 1. The summed E-state index contributed by atoms with van der Waals surface area (Å²) in [5, 5.41) is 10.1. The van der Waals surface area contributed by atoms with Crippen LogP contribution in [0.1, 0.15) is 123 Å². The van der Waals surface area contributed by atoms with Gasteiger partial charge in [-0.3, -0.25) is 20.1 Å². The third kappa shape index (κ3) is 9.61. The van der Waals surface area contributed by atoms with Crippen LogP contribution in [-0.2, 0) is 38.0 Å². The number of nitrogens with two attached hydrogens (primary N) is 1. The smallest absolute Gasteiger partial charge is 0.332 e. The fraction of sp³-hybridized carbons (Fsp3) is 0.227. The maximum atomic E-state index is 14.9. The number of nitrogens with zero attached hydrogens (tertiary/aromatic N) is 3. The predicted molar refractivity (Wildman–Crippen MR) is 305 cm³/mol. The average molecular weight is 1010 g/mol. The molecule has 10 aromatic rings. The molecule has 10 heteroatoms. The van der Waals surface area contributed by atoms with Gasteiger partial charge in [-0.1, -0.05) is 121 Å². The molecule has 0 fully saturated rings. The monoisotopic (exact) mass is 1010 g/mol. The summed E-state index contributed by atoms with van der Waals surface area (Å²) in [5.74, 6) is -1.04. The number of unbranched alkanes of at least 4 members (excludes halogenated alkanes) is 3. The zero-order valence-electron chi connectivity index (χ0n) is 44.5. The van der Waals surface area contributed by atoms with Gasteiger partial charge in [0.05, 0.1) is 5.52 Å². The molecule has 2 aromatic heterocycles. The number of benzene rings is 8. The quantitative estimate of drug-likeness (QED) is 0.0194. The van der Waals surface area contributed by atoms with Gasteiger partial charge in [0.25, 0.3) is 0 Å². The molecule has 2 N–H and O–H groups in total. The van der Waals surface area contributed by atoms with E-state index in [4.69, 9.17) is 15.3 Å². The van der Waals surface area contributed by atoms with Crippen LogP contribution in [0.4, 0.5) is 0 Å². The molecule has 8 aromatic carbocycles. The lowest BCUT2D eigenvalue weighted by molar-refractivity contribution is -0.155. The van der Waals surface area contributed by atoms with Gasteiger partial charge in [-0.2, -0.15) is 0 Å². The third-order valence-corrected chi connectivity index (χ3v) is 14.9. The Labute approximate surface area is 442 Å². The Balaban J connectivity index is 1.00. The van der Waals surface area contributed by atoms with Crippen molar-refractivity contribution in [2.45, 2.75) is 99.9 Å². The molecule has 76 heavy (non-hydrogen) atoms. The number of aryl methyl sites for hydroxylation is 7. The van der Waals surface area contributed by atoms with Crippen LogP contribution in [0.15, 0.2) is 151 Å². The summed E-state index contributed by atoms with van der Waals surface area (Å²) in [6.45, 7) is 15.9. The van der Waals surface area contributed by atoms with E-state index in [2.05, 4.69) is 63.7 Å². The molecule has 0 bridgehead atoms. The Kier molecular flexibility index (Phi) is 13.9. The van der Waals surface area contributed by atoms with Crippen molar-refractivity contribution >= 4 is 83.6 Å². The number of fused-ring (bicyclic) bond motifs is 8. The van der Waals surface area contributed by atoms with E-state index in [1.807, 2.05) is 131 Å². The number of oxime groups is 1. The molecule has 0 spiro atoms. The number of carbonyl (C=O) groups excluding carboxylic acids is 4. The molecule has 0 saturated heterocycles. The molecule has 382 valence electrons. The van der Waals surface area contributed by atoms with E-state index in [1.165, 1.54) is 13.8 Å². The molecular formula is C66H62N4O6. The van der Waals surface area contributed by atoms with E-state index in [1.54, 1.807) is 6.92 Å². The molecule has 0 unspecified atom stereocenters. The van der Waals surface area contributed by atoms with E-state index in [0.29, 0.717) is 28.0 Å². The maximum absolute atomic E-state index is 14.9. The van der Waals surface area contributed by atoms with Gasteiger partial charge in [0, 0.05) is 109 Å². The zero-order chi connectivity index (χ0) is 53.6. The number of hydrogen-bond acceptors (Lipinski definition) is 8. The summed E-state index contributed by atoms with van der Waals surface area (Å²) in [6, 6.07) is 48.2. The van der Waals surface area contributed by atoms with Crippen LogP contribution in [-0.4, -0.2) is 38.4 Å². The zero-order valence-corrected chi connectivity index (χ0v) is 44.5. The predicted octanol–water partition coefficient (Wildman–Crippen LogP) is 14.3. The highest BCUT2D eigenvalue weighted by atomic mass is 16.7. The van der Waals surface area contributed by atoms with Crippen molar-refractivity contribution in [1.29, 1.82) is 0 Å². The molecule has 0 aliphatic carbocycles. The van der Waals surface area contributed by atoms with Gasteiger partial charge in [-0.15, -0.1) is 0 Å². The number of aromatic nitrogens is 2. The van der Waals surface area contributed by atoms with Crippen molar-refractivity contribution in [3.8, 4) is 0 Å². The Morgan fingerprint density at radius 3 is 1.68 bits per heavy atom. The number of rotatable bonds is 16. The first-order valence-corrected chi connectivity index (χ1v) is 26.1. The van der Waals surface area contributed by atoms with Crippen LogP contribution in [0.25, 0.3) is 54.4 Å². The highest BCUT2D eigenvalue weighted by Crippen LogP contribution is 2.40. The van der Waals surface area contributed by atoms with E-state index in [0.717, 1.165) is 138 Å². The Hall–Kier alpha value is -8.47. The van der Waals surface area contributed by atoms with Crippen molar-refractivity contribution in [1.82, 2.24) is 9.13 Å². The average Bonchev–Trinajstić information content (AvgIpc) is 3.93. The van der Waals surface area contributed by atoms with Crippen LogP contribution in [0.3, 0.4) is 0 Å². The molecular weight excluding hydrogens is 945 g/mol. The van der Waals surface area contributed by atoms with Gasteiger partial charge < -0.3 is 18.7 Å². The highest BCUT2D eigenvalue weighted by molar-refractivity contribution is 6.27. The first-order valence-electron chi connectivity index (χ1n) is 26.1. The lowest BCUT2D eigenvalue weighted by Crippen LogP contribution is -2.37. The van der Waals surface area contributed by atoms with Crippen LogP contribution >= 0.6 is 0 Å². The maximum Gasteiger partial charge on any atom is 0.332 e. The van der Waals surface area contributed by atoms with Crippen molar-refractivity contribution in [3.05, 3.63) is 212 Å². The largest absolute Gasteiger partial charge is 0.440 e. The summed E-state index contributed by atoms with van der Waals surface area (Å²) >= 11 is 0. The molecule has 1 atom stereocenters. The number of ether oxygens (including phenoxy) is 1. The van der Waals surface area contributed by atoms with Gasteiger partial charge >= 0.3 is 11.9 Å². The Morgan fingerprint density at radius 1 is 0.500 bits per heavy atom. The molecule has 2 heterocycles. The van der Waals surface area contributed by atoms with E-state index in [9.17, 15) is 19.2 Å². The lowest BCUT2D eigenvalue weighted by Gasteiger charge is -2.24. The lowest BCUT2D eigenvalue weighted by atomic mass is 9.89. The number of hydrogen-bond donors (Lipinski definition) is 1. The minimum absolute atomic E-state index is 0.0121. The molecule has 0 radical (unpaired) electrons. The summed E-state index contributed by atoms with van der Waals surface area (Å²) < 4.78 is 10.3. The van der Waals surface area contributed by atoms with E-state index < -0.39 is 17.7 Å². The summed E-state index contributed by atoms with van der Waals surface area (Å²) in [7, 11) is 0. The summed E-state index contributed by atoms with van der Waals surface area (Å²) in [6.07, 6.45) is 3.71. The van der Waals surface area contributed by atoms with E-state index in [-0.39, 0.29) is 11.6 Å². The topological polar surface area (TPSA) is 135 Å². The normalized spacial score (nSPS) is 12.7. The molecule has 0 aliphatic heterocycles.